The SMILES string of the molecule is CCc1cc(-c2ccc(Cl)cc2)no1. The van der Waals surface area contributed by atoms with Crippen molar-refractivity contribution in [2.24, 2.45) is 0 Å². The molecule has 3 heteroatoms. The van der Waals surface area contributed by atoms with Crippen LogP contribution in [0.15, 0.2) is 34.9 Å². The highest BCUT2D eigenvalue weighted by Gasteiger charge is 2.04. The maximum absolute atomic E-state index is 5.79. The van der Waals surface area contributed by atoms with Crippen LogP contribution in [-0.2, 0) is 6.42 Å². The number of aromatic nitrogens is 1. The molecule has 14 heavy (non-hydrogen) atoms. The normalized spacial score (nSPS) is 10.4. The largest absolute Gasteiger partial charge is 0.361 e. The third kappa shape index (κ3) is 1.80. The summed E-state index contributed by atoms with van der Waals surface area (Å²) in [6.07, 6.45) is 0.862. The minimum atomic E-state index is 0.730. The molecule has 0 N–H and O–H groups in total. The number of nitrogens with zero attached hydrogens (tertiary/aromatic N) is 1. The molecule has 0 saturated carbocycles. The fourth-order valence-electron chi connectivity index (χ4n) is 1.24. The monoisotopic (exact) mass is 207 g/mol. The van der Waals surface area contributed by atoms with Crippen molar-refractivity contribution in [2.45, 2.75) is 13.3 Å². The van der Waals surface area contributed by atoms with E-state index in [4.69, 9.17) is 16.1 Å². The number of rotatable bonds is 2. The van der Waals surface area contributed by atoms with Gasteiger partial charge in [0.05, 0.1) is 0 Å². The van der Waals surface area contributed by atoms with Gasteiger partial charge in [0.1, 0.15) is 11.5 Å². The topological polar surface area (TPSA) is 26.0 Å². The van der Waals surface area contributed by atoms with Crippen molar-refractivity contribution in [2.75, 3.05) is 0 Å². The number of hydrogen-bond donors (Lipinski definition) is 0. The summed E-state index contributed by atoms with van der Waals surface area (Å²) in [5.41, 5.74) is 1.89. The molecule has 0 aliphatic carbocycles. The summed E-state index contributed by atoms with van der Waals surface area (Å²) in [4.78, 5) is 0. The van der Waals surface area contributed by atoms with Crippen LogP contribution in [0.25, 0.3) is 11.3 Å². The molecule has 2 aromatic rings. The second-order valence-corrected chi connectivity index (χ2v) is 3.48. The Kier molecular flexibility index (Phi) is 2.55. The first-order valence-corrected chi connectivity index (χ1v) is 4.89. The second kappa shape index (κ2) is 3.84. The van der Waals surface area contributed by atoms with E-state index < -0.39 is 0 Å². The van der Waals surface area contributed by atoms with Crippen molar-refractivity contribution in [1.29, 1.82) is 0 Å². The van der Waals surface area contributed by atoms with Gasteiger partial charge in [0.25, 0.3) is 0 Å². The average Bonchev–Trinajstić information content (AvgIpc) is 2.67. The molecule has 0 amide bonds. The standard InChI is InChI=1S/C11H10ClNO/c1-2-10-7-11(13-14-10)8-3-5-9(12)6-4-8/h3-7H,2H2,1H3. The summed E-state index contributed by atoms with van der Waals surface area (Å²) in [6, 6.07) is 9.50. The Labute approximate surface area is 87.5 Å². The van der Waals surface area contributed by atoms with E-state index in [0.717, 1.165) is 28.5 Å². The Morgan fingerprint density at radius 2 is 2.00 bits per heavy atom. The summed E-state index contributed by atoms with van der Waals surface area (Å²) in [5, 5.41) is 4.70. The minimum absolute atomic E-state index is 0.730. The molecule has 0 aliphatic rings. The van der Waals surface area contributed by atoms with Crippen LogP contribution in [0.2, 0.25) is 5.02 Å². The van der Waals surface area contributed by atoms with Crippen LogP contribution in [0.3, 0.4) is 0 Å². The Morgan fingerprint density at radius 3 is 2.57 bits per heavy atom. The molecular weight excluding hydrogens is 198 g/mol. The maximum Gasteiger partial charge on any atom is 0.137 e. The highest BCUT2D eigenvalue weighted by molar-refractivity contribution is 6.30. The van der Waals surface area contributed by atoms with E-state index >= 15 is 0 Å². The van der Waals surface area contributed by atoms with Crippen molar-refractivity contribution >= 4 is 11.6 Å². The molecule has 0 unspecified atom stereocenters. The molecule has 0 saturated heterocycles. The number of halogens is 1. The molecule has 0 spiro atoms. The van der Waals surface area contributed by atoms with Crippen LogP contribution in [-0.4, -0.2) is 5.16 Å². The molecule has 0 atom stereocenters. The lowest BCUT2D eigenvalue weighted by Crippen LogP contribution is -1.75. The molecule has 2 nitrogen and oxygen atoms in total. The molecule has 0 radical (unpaired) electrons. The predicted molar refractivity (Wildman–Crippen MR) is 56.3 cm³/mol. The number of benzene rings is 1. The molecule has 0 fully saturated rings. The van der Waals surface area contributed by atoms with Gasteiger partial charge >= 0.3 is 0 Å². The summed E-state index contributed by atoms with van der Waals surface area (Å²) >= 11 is 5.79. The zero-order chi connectivity index (χ0) is 9.97. The van der Waals surface area contributed by atoms with Crippen LogP contribution < -0.4 is 0 Å². The Bertz CT molecular complexity index is 419. The van der Waals surface area contributed by atoms with E-state index in [2.05, 4.69) is 5.16 Å². The molecule has 72 valence electrons. The van der Waals surface area contributed by atoms with Gasteiger partial charge in [-0.25, -0.2) is 0 Å². The van der Waals surface area contributed by atoms with Crippen molar-refractivity contribution in [3.63, 3.8) is 0 Å². The number of hydrogen-bond acceptors (Lipinski definition) is 2. The van der Waals surface area contributed by atoms with Crippen molar-refractivity contribution in [1.82, 2.24) is 5.16 Å². The van der Waals surface area contributed by atoms with Crippen molar-refractivity contribution in [3.05, 3.63) is 41.1 Å². The molecule has 1 aromatic carbocycles. The van der Waals surface area contributed by atoms with Crippen molar-refractivity contribution < 1.29 is 4.52 Å². The van der Waals surface area contributed by atoms with Gasteiger partial charge in [-0.3, -0.25) is 0 Å². The van der Waals surface area contributed by atoms with Gasteiger partial charge in [0, 0.05) is 23.1 Å². The van der Waals surface area contributed by atoms with Crippen LogP contribution in [0.4, 0.5) is 0 Å². The van der Waals surface area contributed by atoms with E-state index in [-0.39, 0.29) is 0 Å². The molecule has 2 rings (SSSR count). The fraction of sp³-hybridized carbons (Fsp3) is 0.182. The van der Waals surface area contributed by atoms with E-state index in [1.807, 2.05) is 37.3 Å². The Morgan fingerprint density at radius 1 is 1.29 bits per heavy atom. The first-order chi connectivity index (χ1) is 6.79. The van der Waals surface area contributed by atoms with Gasteiger partial charge in [0.2, 0.25) is 0 Å². The summed E-state index contributed by atoms with van der Waals surface area (Å²) < 4.78 is 5.12. The van der Waals surface area contributed by atoms with Crippen LogP contribution in [0, 0.1) is 0 Å². The lowest BCUT2D eigenvalue weighted by molar-refractivity contribution is 0.389. The molecule has 0 bridgehead atoms. The van der Waals surface area contributed by atoms with E-state index in [0.29, 0.717) is 0 Å². The predicted octanol–water partition coefficient (Wildman–Crippen LogP) is 3.56. The van der Waals surface area contributed by atoms with Gasteiger partial charge in [0.15, 0.2) is 0 Å². The molecule has 1 aromatic heterocycles. The summed E-state index contributed by atoms with van der Waals surface area (Å²) in [5.74, 6) is 0.898. The van der Waals surface area contributed by atoms with E-state index in [1.165, 1.54) is 0 Å². The van der Waals surface area contributed by atoms with Crippen molar-refractivity contribution in [3.8, 4) is 11.3 Å². The lowest BCUT2D eigenvalue weighted by Gasteiger charge is -1.93. The van der Waals surface area contributed by atoms with E-state index in [1.54, 1.807) is 0 Å². The van der Waals surface area contributed by atoms with Gasteiger partial charge in [-0.2, -0.15) is 0 Å². The Hall–Kier alpha value is -1.28. The Balaban J connectivity index is 2.34. The third-order valence-electron chi connectivity index (χ3n) is 2.05. The third-order valence-corrected chi connectivity index (χ3v) is 2.30. The van der Waals surface area contributed by atoms with Crippen LogP contribution in [0.1, 0.15) is 12.7 Å². The maximum atomic E-state index is 5.79. The molecule has 0 aliphatic heterocycles. The fourth-order valence-corrected chi connectivity index (χ4v) is 1.36. The lowest BCUT2D eigenvalue weighted by atomic mass is 10.1. The van der Waals surface area contributed by atoms with Gasteiger partial charge < -0.3 is 4.52 Å². The van der Waals surface area contributed by atoms with Crippen LogP contribution in [0.5, 0.6) is 0 Å². The van der Waals surface area contributed by atoms with E-state index in [9.17, 15) is 0 Å². The highest BCUT2D eigenvalue weighted by atomic mass is 35.5. The van der Waals surface area contributed by atoms with Gasteiger partial charge in [-0.05, 0) is 12.1 Å². The second-order valence-electron chi connectivity index (χ2n) is 3.04. The smallest absolute Gasteiger partial charge is 0.137 e. The minimum Gasteiger partial charge on any atom is -0.361 e. The summed E-state index contributed by atoms with van der Waals surface area (Å²) in [6.45, 7) is 2.03. The molecular formula is C11H10ClNO. The highest BCUT2D eigenvalue weighted by Crippen LogP contribution is 2.21. The quantitative estimate of drug-likeness (QED) is 0.753. The first kappa shape index (κ1) is 9.28. The zero-order valence-corrected chi connectivity index (χ0v) is 8.58. The van der Waals surface area contributed by atoms with Gasteiger partial charge in [-0.15, -0.1) is 0 Å². The van der Waals surface area contributed by atoms with Crippen LogP contribution >= 0.6 is 11.6 Å². The van der Waals surface area contributed by atoms with Gasteiger partial charge in [-0.1, -0.05) is 35.8 Å². The summed E-state index contributed by atoms with van der Waals surface area (Å²) in [7, 11) is 0. The zero-order valence-electron chi connectivity index (χ0n) is 7.83. The average molecular weight is 208 g/mol. The first-order valence-electron chi connectivity index (χ1n) is 4.51. The molecule has 1 heterocycles. The number of aryl methyl sites for hydroxylation is 1.